The highest BCUT2D eigenvalue weighted by molar-refractivity contribution is 7.98. The van der Waals surface area contributed by atoms with E-state index >= 15 is 0 Å². The maximum atomic E-state index is 11.5. The van der Waals surface area contributed by atoms with E-state index in [1.165, 1.54) is 0 Å². The molecule has 6 heteroatoms. The molecule has 0 saturated carbocycles. The molecule has 0 aromatic carbocycles. The second-order valence-corrected chi connectivity index (χ2v) is 4.77. The molecule has 94 valence electrons. The van der Waals surface area contributed by atoms with Crippen LogP contribution in [0.25, 0.3) is 0 Å². The lowest BCUT2D eigenvalue weighted by Crippen LogP contribution is -2.42. The van der Waals surface area contributed by atoms with E-state index in [9.17, 15) is 9.59 Å². The van der Waals surface area contributed by atoms with Gasteiger partial charge in [0.05, 0.1) is 0 Å². The fourth-order valence-electron chi connectivity index (χ4n) is 1.15. The Morgan fingerprint density at radius 1 is 1.50 bits per heavy atom. The molecule has 0 rings (SSSR count). The molecule has 1 amide bonds. The van der Waals surface area contributed by atoms with Crippen molar-refractivity contribution in [2.75, 3.05) is 18.6 Å². The first-order valence-electron chi connectivity index (χ1n) is 5.22. The van der Waals surface area contributed by atoms with Crippen LogP contribution in [-0.2, 0) is 9.59 Å². The topological polar surface area (TPSA) is 92.4 Å². The van der Waals surface area contributed by atoms with Gasteiger partial charge >= 0.3 is 5.97 Å². The van der Waals surface area contributed by atoms with Gasteiger partial charge in [-0.2, -0.15) is 11.8 Å². The number of carbonyl (C=O) groups excluding carboxylic acids is 1. The van der Waals surface area contributed by atoms with Crippen LogP contribution in [0.2, 0.25) is 0 Å². The lowest BCUT2D eigenvalue weighted by molar-refractivity contribution is -0.142. The van der Waals surface area contributed by atoms with Gasteiger partial charge in [0, 0.05) is 6.42 Å². The minimum atomic E-state index is -0.984. The number of nitrogens with one attached hydrogen (secondary N) is 1. The zero-order valence-electron chi connectivity index (χ0n) is 9.73. The van der Waals surface area contributed by atoms with Crippen molar-refractivity contribution in [1.29, 1.82) is 0 Å². The van der Waals surface area contributed by atoms with E-state index < -0.39 is 12.0 Å². The summed E-state index contributed by atoms with van der Waals surface area (Å²) in [5.41, 5.74) is 5.39. The molecule has 0 radical (unpaired) electrons. The first-order chi connectivity index (χ1) is 7.51. The first-order valence-corrected chi connectivity index (χ1v) is 6.61. The number of nitrogens with two attached hydrogens (primary N) is 1. The number of hydrogen-bond donors (Lipinski definition) is 3. The molecule has 0 aromatic heterocycles. The van der Waals surface area contributed by atoms with E-state index in [1.807, 2.05) is 13.2 Å². The van der Waals surface area contributed by atoms with Crippen LogP contribution in [0.1, 0.15) is 19.8 Å². The van der Waals surface area contributed by atoms with Crippen molar-refractivity contribution in [1.82, 2.24) is 5.32 Å². The Labute approximate surface area is 100 Å². The Kier molecular flexibility index (Phi) is 8.01. The molecular formula is C10H20N2O3S. The highest BCUT2D eigenvalue weighted by Gasteiger charge is 2.19. The fraction of sp³-hybridized carbons (Fsp3) is 0.800. The van der Waals surface area contributed by atoms with Gasteiger partial charge in [-0.05, 0) is 30.9 Å². The average molecular weight is 248 g/mol. The minimum Gasteiger partial charge on any atom is -0.480 e. The Morgan fingerprint density at radius 2 is 2.12 bits per heavy atom. The van der Waals surface area contributed by atoms with Gasteiger partial charge in [-0.3, -0.25) is 4.79 Å². The first kappa shape index (κ1) is 15.2. The zero-order valence-corrected chi connectivity index (χ0v) is 10.5. The molecule has 0 fully saturated rings. The number of rotatable bonds is 8. The van der Waals surface area contributed by atoms with Crippen LogP contribution in [0, 0.1) is 5.92 Å². The molecule has 0 spiro atoms. The van der Waals surface area contributed by atoms with Gasteiger partial charge in [-0.15, -0.1) is 0 Å². The third-order valence-corrected chi connectivity index (χ3v) is 2.82. The van der Waals surface area contributed by atoms with Crippen molar-refractivity contribution >= 4 is 23.6 Å². The van der Waals surface area contributed by atoms with Crippen molar-refractivity contribution in [3.8, 4) is 0 Å². The molecule has 4 N–H and O–H groups in total. The second-order valence-electron chi connectivity index (χ2n) is 3.78. The van der Waals surface area contributed by atoms with E-state index in [4.69, 9.17) is 10.8 Å². The van der Waals surface area contributed by atoms with Gasteiger partial charge in [-0.1, -0.05) is 6.92 Å². The molecule has 0 saturated heterocycles. The van der Waals surface area contributed by atoms with E-state index in [2.05, 4.69) is 5.32 Å². The third kappa shape index (κ3) is 6.68. The number of thioether (sulfide) groups is 1. The van der Waals surface area contributed by atoms with Gasteiger partial charge in [0.2, 0.25) is 5.91 Å². The molecule has 0 bridgehead atoms. The molecule has 0 aliphatic carbocycles. The van der Waals surface area contributed by atoms with Gasteiger partial charge < -0.3 is 16.2 Å². The monoisotopic (exact) mass is 248 g/mol. The van der Waals surface area contributed by atoms with Gasteiger partial charge in [0.1, 0.15) is 6.04 Å². The highest BCUT2D eigenvalue weighted by atomic mass is 32.2. The Bertz CT molecular complexity index is 236. The van der Waals surface area contributed by atoms with Crippen LogP contribution in [-0.4, -0.2) is 41.6 Å². The number of aliphatic carboxylic acids is 1. The van der Waals surface area contributed by atoms with E-state index in [0.717, 1.165) is 0 Å². The predicted molar refractivity (Wildman–Crippen MR) is 65.4 cm³/mol. The van der Waals surface area contributed by atoms with Crippen LogP contribution < -0.4 is 11.1 Å². The maximum Gasteiger partial charge on any atom is 0.326 e. The van der Waals surface area contributed by atoms with Crippen molar-refractivity contribution in [2.45, 2.75) is 25.8 Å². The summed E-state index contributed by atoms with van der Waals surface area (Å²) in [5, 5.41) is 11.4. The molecule has 0 heterocycles. The summed E-state index contributed by atoms with van der Waals surface area (Å²) in [6.07, 6.45) is 2.62. The van der Waals surface area contributed by atoms with Crippen LogP contribution >= 0.6 is 11.8 Å². The molecule has 2 atom stereocenters. The number of carboxylic acid groups (broad SMARTS) is 1. The van der Waals surface area contributed by atoms with Crippen molar-refractivity contribution in [2.24, 2.45) is 11.7 Å². The van der Waals surface area contributed by atoms with E-state index in [1.54, 1.807) is 11.8 Å². The van der Waals surface area contributed by atoms with E-state index in [0.29, 0.717) is 18.7 Å². The molecular weight excluding hydrogens is 228 g/mol. The Balaban J connectivity index is 4.07. The van der Waals surface area contributed by atoms with Crippen LogP contribution in [0.15, 0.2) is 0 Å². The Hall–Kier alpha value is -0.750. The van der Waals surface area contributed by atoms with Gasteiger partial charge in [-0.25, -0.2) is 4.79 Å². The summed E-state index contributed by atoms with van der Waals surface area (Å²) < 4.78 is 0. The van der Waals surface area contributed by atoms with Crippen molar-refractivity contribution in [3.63, 3.8) is 0 Å². The number of hydrogen-bond acceptors (Lipinski definition) is 4. The van der Waals surface area contributed by atoms with Crippen LogP contribution in [0.5, 0.6) is 0 Å². The zero-order chi connectivity index (χ0) is 12.6. The summed E-state index contributed by atoms with van der Waals surface area (Å²) in [7, 11) is 0. The summed E-state index contributed by atoms with van der Waals surface area (Å²) in [6.45, 7) is 2.28. The summed E-state index contributed by atoms with van der Waals surface area (Å²) in [4.78, 5) is 22.3. The molecule has 16 heavy (non-hydrogen) atoms. The number of carbonyl (C=O) groups is 2. The SMILES string of the molecule is CSCC[C@@H](NC(=O)CC(C)CN)C(=O)O. The largest absolute Gasteiger partial charge is 0.480 e. The number of carboxylic acids is 1. The molecule has 0 aliphatic rings. The molecule has 0 aliphatic heterocycles. The molecule has 1 unspecified atom stereocenters. The summed E-state index contributed by atoms with van der Waals surface area (Å²) >= 11 is 1.56. The summed E-state index contributed by atoms with van der Waals surface area (Å²) in [5.74, 6) is -0.437. The summed E-state index contributed by atoms with van der Waals surface area (Å²) in [6, 6.07) is -0.787. The lowest BCUT2D eigenvalue weighted by Gasteiger charge is -2.15. The smallest absolute Gasteiger partial charge is 0.326 e. The average Bonchev–Trinajstić information content (AvgIpc) is 2.23. The predicted octanol–water partition coefficient (Wildman–Crippen LogP) is 0.294. The second kappa shape index (κ2) is 8.41. The number of amides is 1. The standard InChI is InChI=1S/C10H20N2O3S/c1-7(6-11)5-9(13)12-8(10(14)15)3-4-16-2/h7-8H,3-6,11H2,1-2H3,(H,12,13)(H,14,15)/t7?,8-/m1/s1. The molecule has 5 nitrogen and oxygen atoms in total. The van der Waals surface area contributed by atoms with Gasteiger partial charge in [0.25, 0.3) is 0 Å². The van der Waals surface area contributed by atoms with Crippen molar-refractivity contribution < 1.29 is 14.7 Å². The quantitative estimate of drug-likeness (QED) is 0.574. The van der Waals surface area contributed by atoms with Crippen molar-refractivity contribution in [3.05, 3.63) is 0 Å². The third-order valence-electron chi connectivity index (χ3n) is 2.18. The van der Waals surface area contributed by atoms with Crippen LogP contribution in [0.4, 0.5) is 0 Å². The highest BCUT2D eigenvalue weighted by Crippen LogP contribution is 2.03. The Morgan fingerprint density at radius 3 is 2.56 bits per heavy atom. The normalized spacial score (nSPS) is 14.2. The van der Waals surface area contributed by atoms with Gasteiger partial charge in [0.15, 0.2) is 0 Å². The van der Waals surface area contributed by atoms with Crippen LogP contribution in [0.3, 0.4) is 0 Å². The minimum absolute atomic E-state index is 0.0787. The fourth-order valence-corrected chi connectivity index (χ4v) is 1.62. The lowest BCUT2D eigenvalue weighted by atomic mass is 10.1. The molecule has 0 aromatic rings. The van der Waals surface area contributed by atoms with E-state index in [-0.39, 0.29) is 18.2 Å². The maximum absolute atomic E-state index is 11.5.